The number of nitrogens with zero attached hydrogens (tertiary/aromatic N) is 1. The Labute approximate surface area is 160 Å². The first-order valence-corrected chi connectivity index (χ1v) is 9.49. The molecule has 2 atom stereocenters. The summed E-state index contributed by atoms with van der Waals surface area (Å²) in [4.78, 5) is 27.0. The number of rotatable bonds is 6. The van der Waals surface area contributed by atoms with Crippen molar-refractivity contribution in [2.24, 2.45) is 0 Å². The van der Waals surface area contributed by atoms with Crippen LogP contribution in [0.1, 0.15) is 10.4 Å². The van der Waals surface area contributed by atoms with Crippen LogP contribution >= 0.6 is 22.9 Å². The van der Waals surface area contributed by atoms with Gasteiger partial charge in [0.2, 0.25) is 0 Å². The summed E-state index contributed by atoms with van der Waals surface area (Å²) in [6.07, 6.45) is -2.40. The number of hydrogen-bond acceptors (Lipinski definition) is 5. The van der Waals surface area contributed by atoms with Crippen LogP contribution in [0.3, 0.4) is 0 Å². The molecule has 0 saturated carbocycles. The van der Waals surface area contributed by atoms with Gasteiger partial charge in [0.15, 0.2) is 12.2 Å². The number of hydrogen-bond donors (Lipinski definition) is 3. The van der Waals surface area contributed by atoms with Crippen molar-refractivity contribution in [2.75, 3.05) is 18.0 Å². The maximum Gasteiger partial charge on any atom is 0.259 e. The molecule has 1 aliphatic rings. The molecule has 2 aromatic rings. The summed E-state index contributed by atoms with van der Waals surface area (Å²) in [6, 6.07) is 8.99. The molecule has 0 aliphatic carbocycles. The molecule has 0 spiro atoms. The third-order valence-electron chi connectivity index (χ3n) is 4.27. The number of anilines is 1. The summed E-state index contributed by atoms with van der Waals surface area (Å²) in [5, 5.41) is 25.2. The van der Waals surface area contributed by atoms with Gasteiger partial charge in [0.1, 0.15) is 0 Å². The number of nitrogens with one attached hydrogen (secondary N) is 1. The molecular formula is C18H19ClN2O4S. The number of halogens is 1. The van der Waals surface area contributed by atoms with Gasteiger partial charge in [0.05, 0.1) is 0 Å². The minimum absolute atomic E-state index is 0.322. The van der Waals surface area contributed by atoms with Crippen molar-refractivity contribution in [1.82, 2.24) is 5.32 Å². The van der Waals surface area contributed by atoms with Crippen molar-refractivity contribution < 1.29 is 19.8 Å². The van der Waals surface area contributed by atoms with Crippen molar-refractivity contribution in [3.8, 4) is 0 Å². The van der Waals surface area contributed by atoms with Crippen LogP contribution in [-0.2, 0) is 22.4 Å². The lowest BCUT2D eigenvalue weighted by molar-refractivity contribution is -0.144. The lowest BCUT2D eigenvalue weighted by atomic mass is 10.1. The standard InChI is InChI=1S/C18H19ClN2O4S/c19-12-3-4-14-11(10-12)6-8-21(14)18(25)16(23)15(22)17(24)20-7-5-13-2-1-9-26-13/h1-4,9-10,15-16,22-23H,5-8H2,(H,20,24)/t15-,16-/m1/s1. The second kappa shape index (κ2) is 8.18. The van der Waals surface area contributed by atoms with Crippen LogP contribution in [0.15, 0.2) is 35.7 Å². The molecule has 1 aromatic heterocycles. The normalized spacial score (nSPS) is 15.4. The highest BCUT2D eigenvalue weighted by atomic mass is 35.5. The van der Waals surface area contributed by atoms with E-state index in [-0.39, 0.29) is 0 Å². The summed E-state index contributed by atoms with van der Waals surface area (Å²) < 4.78 is 0. The third kappa shape index (κ3) is 4.07. The largest absolute Gasteiger partial charge is 0.380 e. The second-order valence-electron chi connectivity index (χ2n) is 6.02. The van der Waals surface area contributed by atoms with Gasteiger partial charge in [-0.1, -0.05) is 17.7 Å². The van der Waals surface area contributed by atoms with E-state index in [2.05, 4.69) is 5.32 Å². The number of carbonyl (C=O) groups excluding carboxylic acids is 2. The number of aliphatic hydroxyl groups excluding tert-OH is 2. The maximum atomic E-state index is 12.5. The van der Waals surface area contributed by atoms with Crippen LogP contribution in [-0.4, -0.2) is 47.3 Å². The van der Waals surface area contributed by atoms with E-state index < -0.39 is 24.0 Å². The van der Waals surface area contributed by atoms with E-state index in [1.54, 1.807) is 29.5 Å². The average molecular weight is 395 g/mol. The molecular weight excluding hydrogens is 376 g/mol. The van der Waals surface area contributed by atoms with Crippen molar-refractivity contribution >= 4 is 40.4 Å². The molecule has 26 heavy (non-hydrogen) atoms. The second-order valence-corrected chi connectivity index (χ2v) is 7.49. The van der Waals surface area contributed by atoms with Gasteiger partial charge in [0, 0.05) is 28.7 Å². The Morgan fingerprint density at radius 3 is 2.81 bits per heavy atom. The number of thiophene rings is 1. The fraction of sp³-hybridized carbons (Fsp3) is 0.333. The van der Waals surface area contributed by atoms with Gasteiger partial charge < -0.3 is 20.4 Å². The number of amides is 2. The first-order chi connectivity index (χ1) is 12.5. The minimum Gasteiger partial charge on any atom is -0.380 e. The highest BCUT2D eigenvalue weighted by Crippen LogP contribution is 2.31. The Morgan fingerprint density at radius 1 is 1.27 bits per heavy atom. The van der Waals surface area contributed by atoms with E-state index in [1.807, 2.05) is 17.5 Å². The summed E-state index contributed by atoms with van der Waals surface area (Å²) >= 11 is 7.52. The molecule has 0 radical (unpaired) electrons. The highest BCUT2D eigenvalue weighted by Gasteiger charge is 2.36. The molecule has 1 aromatic carbocycles. The van der Waals surface area contributed by atoms with E-state index >= 15 is 0 Å². The third-order valence-corrected chi connectivity index (χ3v) is 5.45. The van der Waals surface area contributed by atoms with Gasteiger partial charge in [-0.25, -0.2) is 0 Å². The van der Waals surface area contributed by atoms with Gasteiger partial charge in [-0.15, -0.1) is 11.3 Å². The predicted octanol–water partition coefficient (Wildman–Crippen LogP) is 1.37. The Hall–Kier alpha value is -1.93. The zero-order chi connectivity index (χ0) is 18.7. The van der Waals surface area contributed by atoms with Crippen LogP contribution in [0, 0.1) is 0 Å². The molecule has 0 unspecified atom stereocenters. The van der Waals surface area contributed by atoms with Gasteiger partial charge >= 0.3 is 0 Å². The Bertz CT molecular complexity index is 796. The van der Waals surface area contributed by atoms with Crippen molar-refractivity contribution in [3.63, 3.8) is 0 Å². The number of fused-ring (bicyclic) bond motifs is 1. The van der Waals surface area contributed by atoms with Gasteiger partial charge in [-0.05, 0) is 48.1 Å². The molecule has 2 amide bonds. The smallest absolute Gasteiger partial charge is 0.259 e. The first kappa shape index (κ1) is 18.8. The maximum absolute atomic E-state index is 12.5. The number of benzene rings is 1. The highest BCUT2D eigenvalue weighted by molar-refractivity contribution is 7.09. The summed E-state index contributed by atoms with van der Waals surface area (Å²) in [7, 11) is 0. The van der Waals surface area contributed by atoms with Crippen molar-refractivity contribution in [3.05, 3.63) is 51.2 Å². The van der Waals surface area contributed by atoms with E-state index in [0.29, 0.717) is 36.6 Å². The molecule has 0 fully saturated rings. The Balaban J connectivity index is 1.57. The van der Waals surface area contributed by atoms with E-state index in [1.165, 1.54) is 4.90 Å². The summed E-state index contributed by atoms with van der Waals surface area (Å²) in [5.74, 6) is -1.47. The van der Waals surface area contributed by atoms with Crippen LogP contribution in [0.2, 0.25) is 5.02 Å². The summed E-state index contributed by atoms with van der Waals surface area (Å²) in [6.45, 7) is 0.695. The molecule has 3 rings (SSSR count). The van der Waals surface area contributed by atoms with E-state index in [9.17, 15) is 19.8 Å². The van der Waals surface area contributed by atoms with E-state index in [0.717, 1.165) is 10.4 Å². The Morgan fingerprint density at radius 2 is 2.08 bits per heavy atom. The van der Waals surface area contributed by atoms with Crippen molar-refractivity contribution in [2.45, 2.75) is 25.0 Å². The van der Waals surface area contributed by atoms with Gasteiger partial charge in [-0.3, -0.25) is 9.59 Å². The molecule has 2 heterocycles. The lowest BCUT2D eigenvalue weighted by Crippen LogP contribution is -2.50. The minimum atomic E-state index is -1.82. The lowest BCUT2D eigenvalue weighted by Gasteiger charge is -2.23. The molecule has 6 nitrogen and oxygen atoms in total. The zero-order valence-electron chi connectivity index (χ0n) is 13.9. The SMILES string of the molecule is O=C(NCCc1cccs1)[C@H](O)[C@@H](O)C(=O)N1CCc2cc(Cl)ccc21. The quantitative estimate of drug-likeness (QED) is 0.690. The van der Waals surface area contributed by atoms with Crippen LogP contribution in [0.5, 0.6) is 0 Å². The topological polar surface area (TPSA) is 89.9 Å². The van der Waals surface area contributed by atoms with Crippen LogP contribution in [0.4, 0.5) is 5.69 Å². The van der Waals surface area contributed by atoms with Gasteiger partial charge in [0.25, 0.3) is 11.8 Å². The fourth-order valence-corrected chi connectivity index (χ4v) is 3.81. The molecule has 138 valence electrons. The molecule has 0 bridgehead atoms. The van der Waals surface area contributed by atoms with Gasteiger partial charge in [-0.2, -0.15) is 0 Å². The first-order valence-electron chi connectivity index (χ1n) is 8.23. The number of carbonyl (C=O) groups is 2. The predicted molar refractivity (Wildman–Crippen MR) is 101 cm³/mol. The van der Waals surface area contributed by atoms with Crippen LogP contribution in [0.25, 0.3) is 0 Å². The molecule has 3 N–H and O–H groups in total. The Kier molecular flexibility index (Phi) is 5.93. The van der Waals surface area contributed by atoms with Crippen LogP contribution < -0.4 is 10.2 Å². The summed E-state index contributed by atoms with van der Waals surface area (Å²) in [5.41, 5.74) is 1.54. The zero-order valence-corrected chi connectivity index (χ0v) is 15.5. The fourth-order valence-electron chi connectivity index (χ4n) is 2.91. The molecule has 1 aliphatic heterocycles. The van der Waals surface area contributed by atoms with E-state index in [4.69, 9.17) is 11.6 Å². The van der Waals surface area contributed by atoms with Crippen molar-refractivity contribution in [1.29, 1.82) is 0 Å². The average Bonchev–Trinajstić information content (AvgIpc) is 3.28. The molecule has 8 heteroatoms. The molecule has 0 saturated heterocycles. The number of aliphatic hydroxyl groups is 2. The monoisotopic (exact) mass is 394 g/mol.